The topological polar surface area (TPSA) is 218 Å². The average molecular weight is 786 g/mol. The number of ether oxygens (including phenoxy) is 1. The lowest BCUT2D eigenvalue weighted by Crippen LogP contribution is -2.46. The summed E-state index contributed by atoms with van der Waals surface area (Å²) in [6.45, 7) is 2.88. The molecule has 284 valence electrons. The first kappa shape index (κ1) is 41.9. The summed E-state index contributed by atoms with van der Waals surface area (Å²) in [6, 6.07) is 10.9. The van der Waals surface area contributed by atoms with E-state index in [1.165, 1.54) is 44.2 Å². The third-order valence-corrected chi connectivity index (χ3v) is 9.84. The summed E-state index contributed by atoms with van der Waals surface area (Å²) in [6.07, 6.45) is -3.54. The number of sulfone groups is 1. The fraction of sp³-hybridized carbons (Fsp3) is 0.242. The van der Waals surface area contributed by atoms with Crippen molar-refractivity contribution in [2.45, 2.75) is 48.7 Å². The Kier molecular flexibility index (Phi) is 13.7. The number of carboxylic acids is 2. The Hall–Kier alpha value is -5.53. The zero-order chi connectivity index (χ0) is 39.8. The number of carbonyl (C=O) groups is 4. The number of methoxy groups -OCH3 is 1. The lowest BCUT2D eigenvalue weighted by Gasteiger charge is -2.31. The molecular formula is C33H32ClF4N5O9S. The minimum Gasteiger partial charge on any atom is -0.481 e. The van der Waals surface area contributed by atoms with Crippen LogP contribution < -0.4 is 21.5 Å². The van der Waals surface area contributed by atoms with Crippen molar-refractivity contribution < 1.29 is 60.1 Å². The molecule has 0 spiro atoms. The number of alkyl halides is 3. The zero-order valence-corrected chi connectivity index (χ0v) is 29.5. The van der Waals surface area contributed by atoms with Crippen LogP contribution >= 0.6 is 11.6 Å². The van der Waals surface area contributed by atoms with Crippen molar-refractivity contribution in [1.82, 2.24) is 10.3 Å². The zero-order valence-electron chi connectivity index (χ0n) is 27.9. The molecule has 0 saturated heterocycles. The van der Waals surface area contributed by atoms with Gasteiger partial charge in [-0.15, -0.1) is 0 Å². The van der Waals surface area contributed by atoms with Gasteiger partial charge in [0.05, 0.1) is 35.4 Å². The largest absolute Gasteiger partial charge is 0.490 e. The maximum absolute atomic E-state index is 15.3. The minimum atomic E-state index is -5.08. The van der Waals surface area contributed by atoms with E-state index in [1.807, 2.05) is 0 Å². The van der Waals surface area contributed by atoms with Crippen molar-refractivity contribution >= 4 is 67.5 Å². The van der Waals surface area contributed by atoms with Crippen LogP contribution in [0.4, 0.5) is 33.7 Å². The van der Waals surface area contributed by atoms with Gasteiger partial charge < -0.3 is 20.3 Å². The first-order chi connectivity index (χ1) is 24.7. The lowest BCUT2D eigenvalue weighted by molar-refractivity contribution is -0.192. The molecule has 4 aromatic rings. The van der Waals surface area contributed by atoms with Crippen molar-refractivity contribution in [3.8, 4) is 0 Å². The molecule has 3 aromatic carbocycles. The van der Waals surface area contributed by atoms with Crippen LogP contribution in [0.2, 0.25) is 5.02 Å². The molecule has 0 unspecified atom stereocenters. The van der Waals surface area contributed by atoms with Crippen LogP contribution in [0.1, 0.15) is 43.5 Å². The lowest BCUT2D eigenvalue weighted by atomic mass is 9.99. The van der Waals surface area contributed by atoms with E-state index < -0.39 is 69.5 Å². The monoisotopic (exact) mass is 785 g/mol. The molecule has 14 nitrogen and oxygen atoms in total. The summed E-state index contributed by atoms with van der Waals surface area (Å²) >= 11 is 6.18. The van der Waals surface area contributed by atoms with Gasteiger partial charge in [-0.05, 0) is 79.4 Å². The van der Waals surface area contributed by atoms with Gasteiger partial charge in [0.25, 0.3) is 0 Å². The summed E-state index contributed by atoms with van der Waals surface area (Å²) in [7, 11) is -2.92. The Balaban J connectivity index is 0.000000980. The smallest absolute Gasteiger partial charge is 0.481 e. The molecule has 2 amide bonds. The number of anilines is 2. The van der Waals surface area contributed by atoms with Gasteiger partial charge in [0.1, 0.15) is 5.82 Å². The van der Waals surface area contributed by atoms with Gasteiger partial charge >= 0.3 is 24.2 Å². The summed E-state index contributed by atoms with van der Waals surface area (Å²) < 4.78 is 78.5. The molecule has 6 N–H and O–H groups in total. The molecule has 1 heterocycles. The standard InChI is InChI=1S/C31H31ClFN5O7S.C2HF3O2/c1-17(2)46(43,44)27-9-6-21(36-31(42)45-3)14-24(27)26(15-28(39)40)37-30(41)29(23-13-20(32)5-8-25(23)33)38(34)22-7-4-19-16-35-11-10-18(19)12-22;3-2(4,5)1(6)7/h4-14,16-17,26,29H,15,34H2,1-3H3,(H,36,42)(H,37,41)(H,39,40);(H,6,7)/t26-,29-;/m1./s1. The number of aliphatic carboxylic acids is 2. The van der Waals surface area contributed by atoms with Crippen LogP contribution in [0.5, 0.6) is 0 Å². The Morgan fingerprint density at radius 2 is 1.64 bits per heavy atom. The molecule has 53 heavy (non-hydrogen) atoms. The molecule has 2 atom stereocenters. The van der Waals surface area contributed by atoms with Crippen molar-refractivity contribution in [2.24, 2.45) is 5.84 Å². The summed E-state index contributed by atoms with van der Waals surface area (Å²) in [5.41, 5.74) is -0.00363. The van der Waals surface area contributed by atoms with Crippen LogP contribution in [0, 0.1) is 5.82 Å². The maximum atomic E-state index is 15.3. The highest BCUT2D eigenvalue weighted by molar-refractivity contribution is 7.92. The van der Waals surface area contributed by atoms with Gasteiger partial charge in [-0.3, -0.25) is 24.9 Å². The van der Waals surface area contributed by atoms with Crippen LogP contribution in [0.3, 0.4) is 0 Å². The number of halogens is 5. The number of rotatable bonds is 11. The average Bonchev–Trinajstić information content (AvgIpc) is 3.08. The third-order valence-electron chi connectivity index (χ3n) is 7.38. The molecule has 0 aliphatic carbocycles. The normalized spacial score (nSPS) is 12.6. The second-order valence-corrected chi connectivity index (χ2v) is 14.2. The Bertz CT molecular complexity index is 2120. The highest BCUT2D eigenvalue weighted by atomic mass is 35.5. The number of hydrogen-bond acceptors (Lipinski definition) is 10. The molecular weight excluding hydrogens is 754 g/mol. The van der Waals surface area contributed by atoms with Gasteiger partial charge in [-0.25, -0.2) is 28.2 Å². The number of fused-ring (bicyclic) bond motifs is 1. The number of nitrogens with zero attached hydrogens (tertiary/aromatic N) is 2. The van der Waals surface area contributed by atoms with E-state index in [9.17, 15) is 41.1 Å². The number of aromatic nitrogens is 1. The molecule has 20 heteroatoms. The number of pyridine rings is 1. The predicted molar refractivity (Wildman–Crippen MR) is 184 cm³/mol. The summed E-state index contributed by atoms with van der Waals surface area (Å²) in [4.78, 5) is 50.9. The first-order valence-electron chi connectivity index (χ1n) is 15.0. The molecule has 4 rings (SSSR count). The fourth-order valence-corrected chi connectivity index (χ4v) is 6.24. The number of amides is 2. The van der Waals surface area contributed by atoms with Gasteiger partial charge in [-0.1, -0.05) is 17.7 Å². The van der Waals surface area contributed by atoms with Crippen LogP contribution in [-0.2, 0) is 29.0 Å². The van der Waals surface area contributed by atoms with Gasteiger partial charge in [0.2, 0.25) is 5.91 Å². The first-order valence-corrected chi connectivity index (χ1v) is 17.0. The van der Waals surface area contributed by atoms with Crippen molar-refractivity contribution in [3.05, 3.63) is 95.0 Å². The number of carbonyl (C=O) groups excluding carboxylic acids is 2. The quantitative estimate of drug-likeness (QED) is 0.0695. The van der Waals surface area contributed by atoms with E-state index in [-0.39, 0.29) is 26.7 Å². The Morgan fingerprint density at radius 1 is 0.981 bits per heavy atom. The molecule has 0 aliphatic heterocycles. The van der Waals surface area contributed by atoms with Gasteiger partial charge in [0, 0.05) is 34.1 Å². The predicted octanol–water partition coefficient (Wildman–Crippen LogP) is 5.77. The van der Waals surface area contributed by atoms with E-state index in [0.717, 1.165) is 29.0 Å². The minimum absolute atomic E-state index is 0.0673. The number of carboxylic acid groups (broad SMARTS) is 2. The van der Waals surface area contributed by atoms with Crippen molar-refractivity contribution in [3.63, 3.8) is 0 Å². The number of hydrazine groups is 1. The number of nitrogens with one attached hydrogen (secondary N) is 2. The Morgan fingerprint density at radius 3 is 2.23 bits per heavy atom. The summed E-state index contributed by atoms with van der Waals surface area (Å²) in [5, 5.41) is 23.6. The Labute approximate surface area is 304 Å². The summed E-state index contributed by atoms with van der Waals surface area (Å²) in [5.74, 6) is 0.566. The fourth-order valence-electron chi connectivity index (χ4n) is 4.77. The SMILES string of the molecule is COC(=O)Nc1ccc(S(=O)(=O)C(C)C)c([C@@H](CC(=O)O)NC(=O)[C@@H](c2cc(Cl)ccc2F)N(N)c2ccc3cnccc3c2)c1.O=C(O)C(F)(F)F. The number of hydrogen-bond donors (Lipinski definition) is 5. The molecule has 0 bridgehead atoms. The number of nitrogens with two attached hydrogens (primary N) is 1. The number of benzene rings is 3. The molecule has 0 radical (unpaired) electrons. The van der Waals surface area contributed by atoms with Crippen molar-refractivity contribution in [1.29, 1.82) is 0 Å². The molecule has 0 saturated carbocycles. The van der Waals surface area contributed by atoms with Crippen LogP contribution in [-0.4, -0.2) is 66.1 Å². The third kappa shape index (κ3) is 10.7. The van der Waals surface area contributed by atoms with E-state index in [1.54, 1.807) is 36.7 Å². The van der Waals surface area contributed by atoms with Crippen molar-refractivity contribution in [2.75, 3.05) is 17.4 Å². The van der Waals surface area contributed by atoms with Crippen LogP contribution in [0.15, 0.2) is 78.0 Å². The molecule has 0 aliphatic rings. The maximum Gasteiger partial charge on any atom is 0.490 e. The van der Waals surface area contributed by atoms with E-state index >= 15 is 4.39 Å². The molecule has 0 fully saturated rings. The van der Waals surface area contributed by atoms with Gasteiger partial charge in [-0.2, -0.15) is 13.2 Å². The van der Waals surface area contributed by atoms with E-state index in [0.29, 0.717) is 5.69 Å². The van der Waals surface area contributed by atoms with E-state index in [2.05, 4.69) is 20.4 Å². The second-order valence-electron chi connectivity index (χ2n) is 11.3. The highest BCUT2D eigenvalue weighted by Crippen LogP contribution is 2.34. The molecule has 1 aromatic heterocycles. The second kappa shape index (κ2) is 17.3. The van der Waals surface area contributed by atoms with Gasteiger partial charge in [0.15, 0.2) is 15.9 Å². The highest BCUT2D eigenvalue weighted by Gasteiger charge is 2.38. The van der Waals surface area contributed by atoms with E-state index in [4.69, 9.17) is 27.3 Å². The van der Waals surface area contributed by atoms with Crippen LogP contribution in [0.25, 0.3) is 10.8 Å².